The summed E-state index contributed by atoms with van der Waals surface area (Å²) >= 11 is 7.32. The van der Waals surface area contributed by atoms with E-state index in [2.05, 4.69) is 9.71 Å². The highest BCUT2D eigenvalue weighted by Gasteiger charge is 2.29. The summed E-state index contributed by atoms with van der Waals surface area (Å²) in [6.45, 7) is 0.995. The first kappa shape index (κ1) is 20.6. The molecule has 0 radical (unpaired) electrons. The summed E-state index contributed by atoms with van der Waals surface area (Å²) in [4.78, 5) is 18.5. The molecule has 0 unspecified atom stereocenters. The van der Waals surface area contributed by atoms with Gasteiger partial charge in [0, 0.05) is 30.1 Å². The first-order valence-electron chi connectivity index (χ1n) is 9.15. The number of sulfonamides is 1. The van der Waals surface area contributed by atoms with Crippen LogP contribution in [0.1, 0.15) is 16.8 Å². The minimum Gasteiger partial charge on any atom is -0.487 e. The van der Waals surface area contributed by atoms with Gasteiger partial charge in [-0.15, -0.1) is 11.3 Å². The number of nitrogens with one attached hydrogen (secondary N) is 1. The van der Waals surface area contributed by atoms with Crippen LogP contribution in [-0.4, -0.2) is 43.4 Å². The van der Waals surface area contributed by atoms with Gasteiger partial charge in [-0.3, -0.25) is 9.52 Å². The fraction of sp³-hybridized carbons (Fsp3) is 0.200. The van der Waals surface area contributed by atoms with Crippen molar-refractivity contribution in [2.24, 2.45) is 0 Å². The number of benzene rings is 2. The van der Waals surface area contributed by atoms with Gasteiger partial charge in [0.15, 0.2) is 5.13 Å². The summed E-state index contributed by atoms with van der Waals surface area (Å²) in [5, 5.41) is 2.50. The Morgan fingerprint density at radius 3 is 2.67 bits per heavy atom. The number of halogens is 1. The zero-order valence-electron chi connectivity index (χ0n) is 15.7. The first-order valence-corrected chi connectivity index (χ1v) is 11.9. The molecule has 7 nitrogen and oxygen atoms in total. The Morgan fingerprint density at radius 2 is 1.97 bits per heavy atom. The van der Waals surface area contributed by atoms with Gasteiger partial charge in [-0.25, -0.2) is 13.4 Å². The second-order valence-corrected chi connectivity index (χ2v) is 9.66. The highest BCUT2D eigenvalue weighted by atomic mass is 35.5. The number of aromatic nitrogens is 1. The molecular weight excluding hydrogens is 446 g/mol. The Kier molecular flexibility index (Phi) is 5.94. The number of likely N-dealkylation sites (tertiary alicyclic amines) is 1. The average Bonchev–Trinajstić information content (AvgIpc) is 3.41. The van der Waals surface area contributed by atoms with Crippen molar-refractivity contribution >= 4 is 44.0 Å². The Hall–Kier alpha value is -2.62. The number of para-hydroxylation sites is 1. The Balaban J connectivity index is 1.40. The lowest BCUT2D eigenvalue weighted by molar-refractivity contribution is 0.0772. The second-order valence-electron chi connectivity index (χ2n) is 6.68. The fourth-order valence-electron chi connectivity index (χ4n) is 3.14. The minimum absolute atomic E-state index is 0.0654. The second kappa shape index (κ2) is 8.63. The van der Waals surface area contributed by atoms with Crippen molar-refractivity contribution in [1.29, 1.82) is 0 Å². The number of carbonyl (C=O) groups is 1. The van der Waals surface area contributed by atoms with Crippen LogP contribution in [0.15, 0.2) is 65.0 Å². The number of anilines is 1. The maximum absolute atomic E-state index is 12.8. The zero-order chi connectivity index (χ0) is 21.1. The minimum atomic E-state index is -3.75. The van der Waals surface area contributed by atoms with Gasteiger partial charge in [0.1, 0.15) is 11.9 Å². The summed E-state index contributed by atoms with van der Waals surface area (Å²) in [5.74, 6) is 0.429. The smallest absolute Gasteiger partial charge is 0.263 e. The molecule has 10 heteroatoms. The van der Waals surface area contributed by atoms with E-state index in [-0.39, 0.29) is 22.0 Å². The third-order valence-electron chi connectivity index (χ3n) is 4.63. The van der Waals surface area contributed by atoms with E-state index in [4.69, 9.17) is 16.3 Å². The molecule has 1 saturated heterocycles. The van der Waals surface area contributed by atoms with Crippen LogP contribution in [0.25, 0.3) is 0 Å². The number of thiazole rings is 1. The van der Waals surface area contributed by atoms with Gasteiger partial charge in [0.05, 0.1) is 16.5 Å². The van der Waals surface area contributed by atoms with Crippen LogP contribution in [0.4, 0.5) is 5.13 Å². The summed E-state index contributed by atoms with van der Waals surface area (Å²) in [5.41, 5.74) is 0.418. The topological polar surface area (TPSA) is 88.6 Å². The Morgan fingerprint density at radius 1 is 1.20 bits per heavy atom. The monoisotopic (exact) mass is 463 g/mol. The molecule has 4 rings (SSSR count). The van der Waals surface area contributed by atoms with E-state index in [1.54, 1.807) is 22.4 Å². The lowest BCUT2D eigenvalue weighted by Crippen LogP contribution is -2.31. The molecule has 1 atom stereocenters. The third-order valence-corrected chi connectivity index (χ3v) is 7.11. The molecule has 1 aliphatic heterocycles. The maximum Gasteiger partial charge on any atom is 0.263 e. The molecule has 1 aliphatic rings. The van der Waals surface area contributed by atoms with Gasteiger partial charge in [-0.1, -0.05) is 23.7 Å². The first-order chi connectivity index (χ1) is 14.4. The van der Waals surface area contributed by atoms with Crippen LogP contribution in [-0.2, 0) is 10.0 Å². The molecule has 1 N–H and O–H groups in total. The third kappa shape index (κ3) is 4.58. The summed E-state index contributed by atoms with van der Waals surface area (Å²) < 4.78 is 33.2. The van der Waals surface area contributed by atoms with E-state index in [1.165, 1.54) is 41.8 Å². The Labute approximate surface area is 183 Å². The molecule has 156 valence electrons. The molecule has 2 heterocycles. The number of nitrogens with zero attached hydrogens (tertiary/aromatic N) is 2. The number of rotatable bonds is 6. The molecule has 1 amide bonds. The van der Waals surface area contributed by atoms with Crippen LogP contribution < -0.4 is 9.46 Å². The van der Waals surface area contributed by atoms with Crippen molar-refractivity contribution in [2.75, 3.05) is 17.8 Å². The van der Waals surface area contributed by atoms with Crippen molar-refractivity contribution < 1.29 is 17.9 Å². The van der Waals surface area contributed by atoms with Crippen molar-refractivity contribution in [3.63, 3.8) is 0 Å². The zero-order valence-corrected chi connectivity index (χ0v) is 18.1. The molecule has 2 aromatic carbocycles. The van der Waals surface area contributed by atoms with Gasteiger partial charge in [0.25, 0.3) is 15.9 Å². The molecule has 1 aromatic heterocycles. The van der Waals surface area contributed by atoms with Gasteiger partial charge >= 0.3 is 0 Å². The maximum atomic E-state index is 12.8. The number of hydrogen-bond donors (Lipinski definition) is 1. The van der Waals surface area contributed by atoms with E-state index < -0.39 is 10.0 Å². The predicted octanol–water partition coefficient (Wildman–Crippen LogP) is 3.89. The number of ether oxygens (including phenoxy) is 1. The van der Waals surface area contributed by atoms with E-state index in [0.29, 0.717) is 35.8 Å². The molecule has 0 saturated carbocycles. The van der Waals surface area contributed by atoms with E-state index in [1.807, 2.05) is 12.1 Å². The Bertz CT molecular complexity index is 1140. The number of amides is 1. The highest BCUT2D eigenvalue weighted by Crippen LogP contribution is 2.27. The van der Waals surface area contributed by atoms with Crippen molar-refractivity contribution in [3.05, 3.63) is 70.7 Å². The molecule has 30 heavy (non-hydrogen) atoms. The van der Waals surface area contributed by atoms with E-state index in [0.717, 1.165) is 0 Å². The number of carbonyl (C=O) groups excluding carboxylic acids is 1. The SMILES string of the molecule is O=C(c1ccc(S(=O)(=O)Nc2nccs2)cc1)N1CC[C@H](Oc2ccccc2Cl)C1. The lowest BCUT2D eigenvalue weighted by atomic mass is 10.2. The van der Waals surface area contributed by atoms with Gasteiger partial charge in [-0.2, -0.15) is 0 Å². The van der Waals surface area contributed by atoms with Gasteiger partial charge < -0.3 is 9.64 Å². The molecule has 1 fully saturated rings. The number of hydrogen-bond acceptors (Lipinski definition) is 6. The summed E-state index contributed by atoms with van der Waals surface area (Å²) in [6.07, 6.45) is 2.07. The normalized spacial score (nSPS) is 16.4. The van der Waals surface area contributed by atoms with Gasteiger partial charge in [-0.05, 0) is 36.4 Å². The molecular formula is C20H18ClN3O4S2. The van der Waals surface area contributed by atoms with Crippen molar-refractivity contribution in [3.8, 4) is 5.75 Å². The average molecular weight is 464 g/mol. The summed E-state index contributed by atoms with van der Waals surface area (Å²) in [7, 11) is -3.75. The molecule has 3 aromatic rings. The highest BCUT2D eigenvalue weighted by molar-refractivity contribution is 7.93. The van der Waals surface area contributed by atoms with E-state index >= 15 is 0 Å². The molecule has 0 bridgehead atoms. The molecule has 0 aliphatic carbocycles. The van der Waals surface area contributed by atoms with Crippen LogP contribution in [0.2, 0.25) is 5.02 Å². The van der Waals surface area contributed by atoms with Crippen molar-refractivity contribution in [2.45, 2.75) is 17.4 Å². The van der Waals surface area contributed by atoms with Crippen molar-refractivity contribution in [1.82, 2.24) is 9.88 Å². The standard InChI is InChI=1S/C20H18ClN3O4S2/c21-17-3-1-2-4-18(17)28-15-9-11-24(13-15)19(25)14-5-7-16(8-6-14)30(26,27)23-20-22-10-12-29-20/h1-8,10,12,15H,9,11,13H2,(H,22,23)/t15-/m0/s1. The van der Waals surface area contributed by atoms with Crippen LogP contribution in [0.3, 0.4) is 0 Å². The molecule has 0 spiro atoms. The quantitative estimate of drug-likeness (QED) is 0.599. The fourth-order valence-corrected chi connectivity index (χ4v) is 5.10. The van der Waals surface area contributed by atoms with Crippen LogP contribution >= 0.6 is 22.9 Å². The largest absolute Gasteiger partial charge is 0.487 e. The van der Waals surface area contributed by atoms with Crippen LogP contribution in [0.5, 0.6) is 5.75 Å². The summed E-state index contributed by atoms with van der Waals surface area (Å²) in [6, 6.07) is 13.1. The van der Waals surface area contributed by atoms with E-state index in [9.17, 15) is 13.2 Å². The van der Waals surface area contributed by atoms with Crippen LogP contribution in [0, 0.1) is 0 Å². The predicted molar refractivity (Wildman–Crippen MR) is 116 cm³/mol. The van der Waals surface area contributed by atoms with Gasteiger partial charge in [0.2, 0.25) is 0 Å². The lowest BCUT2D eigenvalue weighted by Gasteiger charge is -2.18.